The zero-order chi connectivity index (χ0) is 18.5. The SMILES string of the molecule is CCc1ccccc1Nc1nc(N)nc(CN2CCN(C(C)=O)CC2)n1. The van der Waals surface area contributed by atoms with Crippen molar-refractivity contribution in [2.45, 2.75) is 26.8 Å². The van der Waals surface area contributed by atoms with Crippen LogP contribution >= 0.6 is 0 Å². The number of carbonyl (C=O) groups excluding carboxylic acids is 1. The summed E-state index contributed by atoms with van der Waals surface area (Å²) in [5.41, 5.74) is 8.04. The monoisotopic (exact) mass is 355 g/mol. The van der Waals surface area contributed by atoms with Crippen molar-refractivity contribution in [2.24, 2.45) is 0 Å². The average molecular weight is 355 g/mol. The number of piperazine rings is 1. The number of aryl methyl sites for hydroxylation is 1. The second-order valence-electron chi connectivity index (χ2n) is 6.35. The van der Waals surface area contributed by atoms with Gasteiger partial charge in [-0.05, 0) is 18.1 Å². The highest BCUT2D eigenvalue weighted by Crippen LogP contribution is 2.19. The van der Waals surface area contributed by atoms with Crippen LogP contribution in [0.25, 0.3) is 0 Å². The summed E-state index contributed by atoms with van der Waals surface area (Å²) in [6.45, 7) is 7.35. The Hall–Kier alpha value is -2.74. The zero-order valence-corrected chi connectivity index (χ0v) is 15.3. The van der Waals surface area contributed by atoms with Gasteiger partial charge >= 0.3 is 0 Å². The Morgan fingerprint density at radius 3 is 2.58 bits per heavy atom. The second-order valence-corrected chi connectivity index (χ2v) is 6.35. The molecule has 1 aromatic heterocycles. The van der Waals surface area contributed by atoms with Crippen LogP contribution in [0.4, 0.5) is 17.6 Å². The maximum Gasteiger partial charge on any atom is 0.232 e. The van der Waals surface area contributed by atoms with Gasteiger partial charge in [0.05, 0.1) is 6.54 Å². The van der Waals surface area contributed by atoms with Crippen LogP contribution in [-0.2, 0) is 17.8 Å². The van der Waals surface area contributed by atoms with Crippen molar-refractivity contribution in [3.63, 3.8) is 0 Å². The number of anilines is 3. The summed E-state index contributed by atoms with van der Waals surface area (Å²) < 4.78 is 0. The maximum absolute atomic E-state index is 11.4. The van der Waals surface area contributed by atoms with E-state index in [0.29, 0.717) is 18.3 Å². The zero-order valence-electron chi connectivity index (χ0n) is 15.3. The van der Waals surface area contributed by atoms with E-state index in [1.807, 2.05) is 23.1 Å². The van der Waals surface area contributed by atoms with E-state index >= 15 is 0 Å². The highest BCUT2D eigenvalue weighted by atomic mass is 16.2. The van der Waals surface area contributed by atoms with Crippen molar-refractivity contribution in [2.75, 3.05) is 37.2 Å². The van der Waals surface area contributed by atoms with Crippen LogP contribution in [-0.4, -0.2) is 56.8 Å². The maximum atomic E-state index is 11.4. The van der Waals surface area contributed by atoms with E-state index < -0.39 is 0 Å². The molecule has 0 saturated carbocycles. The van der Waals surface area contributed by atoms with Gasteiger partial charge in [0.1, 0.15) is 5.82 Å². The Kier molecular flexibility index (Phi) is 5.62. The Morgan fingerprint density at radius 2 is 1.88 bits per heavy atom. The predicted octanol–water partition coefficient (Wildman–Crippen LogP) is 1.42. The molecule has 0 aliphatic carbocycles. The molecular formula is C18H25N7O. The first kappa shape index (κ1) is 18.1. The second kappa shape index (κ2) is 8.09. The summed E-state index contributed by atoms with van der Waals surface area (Å²) in [6, 6.07) is 8.06. The number of nitrogens with zero attached hydrogens (tertiary/aromatic N) is 5. The molecule has 1 saturated heterocycles. The molecule has 3 N–H and O–H groups in total. The number of para-hydroxylation sites is 1. The summed E-state index contributed by atoms with van der Waals surface area (Å²) in [6.07, 6.45) is 0.914. The fourth-order valence-electron chi connectivity index (χ4n) is 3.06. The first-order chi connectivity index (χ1) is 12.5. The Balaban J connectivity index is 1.69. The van der Waals surface area contributed by atoms with E-state index in [1.165, 1.54) is 5.56 Å². The molecule has 0 atom stereocenters. The predicted molar refractivity (Wildman–Crippen MR) is 101 cm³/mol. The van der Waals surface area contributed by atoms with E-state index in [9.17, 15) is 4.79 Å². The number of rotatable bonds is 5. The molecule has 2 heterocycles. The lowest BCUT2D eigenvalue weighted by molar-refractivity contribution is -0.130. The molecule has 138 valence electrons. The number of aromatic nitrogens is 3. The summed E-state index contributed by atoms with van der Waals surface area (Å²) in [5, 5.41) is 3.25. The van der Waals surface area contributed by atoms with Crippen molar-refractivity contribution in [1.82, 2.24) is 24.8 Å². The summed E-state index contributed by atoms with van der Waals surface area (Å²) in [5.74, 6) is 1.41. The van der Waals surface area contributed by atoms with Gasteiger partial charge in [0.25, 0.3) is 0 Å². The van der Waals surface area contributed by atoms with Gasteiger partial charge in [-0.2, -0.15) is 15.0 Å². The van der Waals surface area contributed by atoms with E-state index in [1.54, 1.807) is 6.92 Å². The molecule has 1 aliphatic rings. The largest absolute Gasteiger partial charge is 0.368 e. The summed E-state index contributed by atoms with van der Waals surface area (Å²) in [4.78, 5) is 28.5. The molecule has 0 spiro atoms. The van der Waals surface area contributed by atoms with Gasteiger partial charge in [-0.25, -0.2) is 0 Å². The minimum atomic E-state index is 0.120. The van der Waals surface area contributed by atoms with Gasteiger partial charge in [-0.15, -0.1) is 0 Å². The fourth-order valence-corrected chi connectivity index (χ4v) is 3.06. The lowest BCUT2D eigenvalue weighted by atomic mass is 10.1. The number of benzene rings is 1. The van der Waals surface area contributed by atoms with E-state index in [0.717, 1.165) is 38.3 Å². The molecule has 0 bridgehead atoms. The first-order valence-corrected chi connectivity index (χ1v) is 8.88. The van der Waals surface area contributed by atoms with E-state index in [2.05, 4.69) is 38.2 Å². The smallest absolute Gasteiger partial charge is 0.232 e. The molecule has 0 unspecified atom stereocenters. The van der Waals surface area contributed by atoms with Gasteiger partial charge in [0.2, 0.25) is 17.8 Å². The molecule has 3 rings (SSSR count). The minimum absolute atomic E-state index is 0.120. The number of nitrogens with two attached hydrogens (primary N) is 1. The van der Waals surface area contributed by atoms with Gasteiger partial charge in [-0.3, -0.25) is 9.69 Å². The van der Waals surface area contributed by atoms with Crippen LogP contribution < -0.4 is 11.1 Å². The molecule has 8 nitrogen and oxygen atoms in total. The van der Waals surface area contributed by atoms with Crippen LogP contribution in [0.2, 0.25) is 0 Å². The molecule has 1 amide bonds. The Morgan fingerprint density at radius 1 is 1.15 bits per heavy atom. The van der Waals surface area contributed by atoms with Crippen molar-refractivity contribution in [3.05, 3.63) is 35.7 Å². The first-order valence-electron chi connectivity index (χ1n) is 8.88. The van der Waals surface area contributed by atoms with E-state index in [4.69, 9.17) is 5.73 Å². The number of carbonyl (C=O) groups is 1. The third-order valence-electron chi connectivity index (χ3n) is 4.53. The summed E-state index contributed by atoms with van der Waals surface area (Å²) in [7, 11) is 0. The molecule has 8 heteroatoms. The Labute approximate surface area is 153 Å². The Bertz CT molecular complexity index is 772. The van der Waals surface area contributed by atoms with Gasteiger partial charge < -0.3 is 16.0 Å². The third-order valence-corrected chi connectivity index (χ3v) is 4.53. The highest BCUT2D eigenvalue weighted by molar-refractivity contribution is 5.73. The minimum Gasteiger partial charge on any atom is -0.368 e. The lowest BCUT2D eigenvalue weighted by Crippen LogP contribution is -2.47. The number of nitrogen functional groups attached to an aromatic ring is 1. The van der Waals surface area contributed by atoms with Crippen LogP contribution in [0.5, 0.6) is 0 Å². The van der Waals surface area contributed by atoms with Crippen LogP contribution in [0, 0.1) is 0 Å². The lowest BCUT2D eigenvalue weighted by Gasteiger charge is -2.33. The van der Waals surface area contributed by atoms with Crippen molar-refractivity contribution < 1.29 is 4.79 Å². The van der Waals surface area contributed by atoms with Crippen LogP contribution in [0.3, 0.4) is 0 Å². The van der Waals surface area contributed by atoms with Gasteiger partial charge in [0, 0.05) is 38.8 Å². The van der Waals surface area contributed by atoms with Gasteiger partial charge in [0.15, 0.2) is 0 Å². The number of hydrogen-bond donors (Lipinski definition) is 2. The fraction of sp³-hybridized carbons (Fsp3) is 0.444. The van der Waals surface area contributed by atoms with Crippen molar-refractivity contribution >= 4 is 23.5 Å². The molecule has 1 fully saturated rings. The van der Waals surface area contributed by atoms with Crippen LogP contribution in [0.1, 0.15) is 25.2 Å². The highest BCUT2D eigenvalue weighted by Gasteiger charge is 2.19. The number of hydrogen-bond acceptors (Lipinski definition) is 7. The van der Waals surface area contributed by atoms with E-state index in [-0.39, 0.29) is 11.9 Å². The molecule has 1 aliphatic heterocycles. The molecule has 26 heavy (non-hydrogen) atoms. The summed E-state index contributed by atoms with van der Waals surface area (Å²) >= 11 is 0. The third kappa shape index (κ3) is 4.45. The molecule has 0 radical (unpaired) electrons. The van der Waals surface area contributed by atoms with Crippen molar-refractivity contribution in [1.29, 1.82) is 0 Å². The number of nitrogens with one attached hydrogen (secondary N) is 1. The quantitative estimate of drug-likeness (QED) is 0.836. The van der Waals surface area contributed by atoms with Crippen LogP contribution in [0.15, 0.2) is 24.3 Å². The molecule has 2 aromatic rings. The van der Waals surface area contributed by atoms with Gasteiger partial charge in [-0.1, -0.05) is 25.1 Å². The standard InChI is InChI=1S/C18H25N7O/c1-3-14-6-4-5-7-15(14)20-18-22-16(21-17(19)23-18)12-24-8-10-25(11-9-24)13(2)26/h4-7H,3,8-12H2,1-2H3,(H3,19,20,21,22,23). The molecular weight excluding hydrogens is 330 g/mol. The molecule has 1 aromatic carbocycles. The van der Waals surface area contributed by atoms with Crippen molar-refractivity contribution in [3.8, 4) is 0 Å². The average Bonchev–Trinajstić information content (AvgIpc) is 2.62. The number of amides is 1. The normalized spacial score (nSPS) is 15.1. The topological polar surface area (TPSA) is 100 Å².